The van der Waals surface area contributed by atoms with E-state index in [2.05, 4.69) is 4.98 Å². The molecule has 4 heteroatoms. The van der Waals surface area contributed by atoms with Gasteiger partial charge in [-0.05, 0) is 24.7 Å². The summed E-state index contributed by atoms with van der Waals surface area (Å²) >= 11 is 1.72. The zero-order chi connectivity index (χ0) is 9.97. The molecular weight excluding hydrogens is 201 g/mol. The molecule has 1 aliphatic heterocycles. The second kappa shape index (κ2) is 4.28. The minimum absolute atomic E-state index is 0.145. The van der Waals surface area contributed by atoms with Crippen LogP contribution >= 0.6 is 11.8 Å². The molecule has 0 bridgehead atoms. The van der Waals surface area contributed by atoms with Gasteiger partial charge in [-0.25, -0.2) is 4.39 Å². The third-order valence-corrected chi connectivity index (χ3v) is 3.89. The molecule has 0 spiro atoms. The number of aliphatic hydroxyl groups is 1. The fourth-order valence-corrected chi connectivity index (χ4v) is 2.98. The third-order valence-electron chi connectivity index (χ3n) is 2.44. The van der Waals surface area contributed by atoms with Crippen LogP contribution in [0.3, 0.4) is 0 Å². The molecule has 0 amide bonds. The molecule has 1 fully saturated rings. The van der Waals surface area contributed by atoms with Crippen molar-refractivity contribution in [3.05, 3.63) is 29.8 Å². The first kappa shape index (κ1) is 9.93. The Bertz CT molecular complexity index is 315. The van der Waals surface area contributed by atoms with Crippen LogP contribution in [0, 0.1) is 5.82 Å². The van der Waals surface area contributed by atoms with Crippen molar-refractivity contribution in [2.75, 3.05) is 5.75 Å². The normalized spacial score (nSPS) is 23.7. The number of rotatable bonds is 2. The van der Waals surface area contributed by atoms with Crippen LogP contribution in [0.25, 0.3) is 0 Å². The van der Waals surface area contributed by atoms with Gasteiger partial charge in [0.1, 0.15) is 5.82 Å². The van der Waals surface area contributed by atoms with Gasteiger partial charge in [0.2, 0.25) is 0 Å². The summed E-state index contributed by atoms with van der Waals surface area (Å²) in [7, 11) is 0. The van der Waals surface area contributed by atoms with E-state index in [0.717, 1.165) is 24.8 Å². The predicted molar refractivity (Wildman–Crippen MR) is 54.6 cm³/mol. The van der Waals surface area contributed by atoms with E-state index in [1.165, 1.54) is 6.20 Å². The van der Waals surface area contributed by atoms with Crippen molar-refractivity contribution in [1.82, 2.24) is 4.98 Å². The van der Waals surface area contributed by atoms with Crippen LogP contribution in [0.2, 0.25) is 0 Å². The van der Waals surface area contributed by atoms with E-state index in [1.54, 1.807) is 17.8 Å². The van der Waals surface area contributed by atoms with Gasteiger partial charge >= 0.3 is 0 Å². The number of hydrogen-bond donors (Lipinski definition) is 1. The fourth-order valence-electron chi connectivity index (χ4n) is 1.68. The Hall–Kier alpha value is -0.610. The maximum Gasteiger partial charge on any atom is 0.147 e. The minimum Gasteiger partial charge on any atom is -0.387 e. The van der Waals surface area contributed by atoms with Crippen LogP contribution in [0.5, 0.6) is 0 Å². The Morgan fingerprint density at radius 2 is 2.50 bits per heavy atom. The summed E-state index contributed by atoms with van der Waals surface area (Å²) in [6.45, 7) is 0. The molecular formula is C10H12FNOS. The fraction of sp³-hybridized carbons (Fsp3) is 0.500. The van der Waals surface area contributed by atoms with E-state index < -0.39 is 11.9 Å². The Morgan fingerprint density at radius 3 is 3.14 bits per heavy atom. The molecule has 1 saturated heterocycles. The molecule has 1 aliphatic rings. The van der Waals surface area contributed by atoms with Crippen molar-refractivity contribution in [1.29, 1.82) is 0 Å². The van der Waals surface area contributed by atoms with Gasteiger partial charge in [-0.3, -0.25) is 4.98 Å². The van der Waals surface area contributed by atoms with Crippen LogP contribution in [0.15, 0.2) is 18.5 Å². The van der Waals surface area contributed by atoms with Gasteiger partial charge in [0.25, 0.3) is 0 Å². The van der Waals surface area contributed by atoms with Crippen LogP contribution < -0.4 is 0 Å². The highest BCUT2D eigenvalue weighted by Gasteiger charge is 2.26. The monoisotopic (exact) mass is 213 g/mol. The number of aromatic nitrogens is 1. The van der Waals surface area contributed by atoms with Crippen molar-refractivity contribution >= 4 is 11.8 Å². The molecule has 2 nitrogen and oxygen atoms in total. The molecule has 0 radical (unpaired) electrons. The SMILES string of the molecule is OC(c1ccncc1F)C1CCCS1. The van der Waals surface area contributed by atoms with Gasteiger partial charge in [0, 0.05) is 17.0 Å². The van der Waals surface area contributed by atoms with E-state index in [0.29, 0.717) is 5.56 Å². The number of aliphatic hydroxyl groups excluding tert-OH is 1. The topological polar surface area (TPSA) is 33.1 Å². The van der Waals surface area contributed by atoms with E-state index in [9.17, 15) is 9.50 Å². The average Bonchev–Trinajstić information content (AvgIpc) is 2.70. The Labute approximate surface area is 86.6 Å². The standard InChI is InChI=1S/C10H12FNOS/c11-8-6-12-4-3-7(8)10(13)9-2-1-5-14-9/h3-4,6,9-10,13H,1-2,5H2. The third kappa shape index (κ3) is 1.91. The van der Waals surface area contributed by atoms with Gasteiger partial charge in [-0.15, -0.1) is 0 Å². The lowest BCUT2D eigenvalue weighted by molar-refractivity contribution is 0.168. The maximum absolute atomic E-state index is 13.3. The Balaban J connectivity index is 2.17. The first-order valence-corrected chi connectivity index (χ1v) is 5.73. The molecule has 2 atom stereocenters. The molecule has 2 rings (SSSR count). The van der Waals surface area contributed by atoms with Gasteiger partial charge in [0.05, 0.1) is 12.3 Å². The Morgan fingerprint density at radius 1 is 1.64 bits per heavy atom. The smallest absolute Gasteiger partial charge is 0.147 e. The second-order valence-electron chi connectivity index (χ2n) is 3.39. The molecule has 1 aromatic heterocycles. The maximum atomic E-state index is 13.3. The lowest BCUT2D eigenvalue weighted by Crippen LogP contribution is -2.13. The summed E-state index contributed by atoms with van der Waals surface area (Å²) < 4.78 is 13.3. The first-order valence-electron chi connectivity index (χ1n) is 4.68. The molecule has 76 valence electrons. The summed E-state index contributed by atoms with van der Waals surface area (Å²) in [5.41, 5.74) is 0.374. The molecule has 14 heavy (non-hydrogen) atoms. The molecule has 2 unspecified atom stereocenters. The van der Waals surface area contributed by atoms with Crippen LogP contribution in [-0.2, 0) is 0 Å². The zero-order valence-corrected chi connectivity index (χ0v) is 8.51. The van der Waals surface area contributed by atoms with E-state index in [1.807, 2.05) is 0 Å². The lowest BCUT2D eigenvalue weighted by atomic mass is 10.0. The number of thioether (sulfide) groups is 1. The van der Waals surface area contributed by atoms with E-state index in [4.69, 9.17) is 0 Å². The summed E-state index contributed by atoms with van der Waals surface area (Å²) in [6.07, 6.45) is 4.05. The number of nitrogens with zero attached hydrogens (tertiary/aromatic N) is 1. The zero-order valence-electron chi connectivity index (χ0n) is 7.69. The number of pyridine rings is 1. The highest BCUT2D eigenvalue weighted by atomic mass is 32.2. The first-order chi connectivity index (χ1) is 6.79. The van der Waals surface area contributed by atoms with Gasteiger partial charge < -0.3 is 5.11 Å². The van der Waals surface area contributed by atoms with Crippen molar-refractivity contribution in [2.24, 2.45) is 0 Å². The lowest BCUT2D eigenvalue weighted by Gasteiger charge is -2.17. The van der Waals surface area contributed by atoms with Crippen molar-refractivity contribution in [3.8, 4) is 0 Å². The summed E-state index contributed by atoms with van der Waals surface area (Å²) in [5.74, 6) is 0.654. The minimum atomic E-state index is -0.689. The summed E-state index contributed by atoms with van der Waals surface area (Å²) in [5, 5.41) is 10.1. The van der Waals surface area contributed by atoms with Gasteiger partial charge in [-0.1, -0.05) is 0 Å². The molecule has 2 heterocycles. The summed E-state index contributed by atoms with van der Waals surface area (Å²) in [6, 6.07) is 1.55. The van der Waals surface area contributed by atoms with Crippen molar-refractivity contribution < 1.29 is 9.50 Å². The molecule has 1 N–H and O–H groups in total. The molecule has 0 saturated carbocycles. The van der Waals surface area contributed by atoms with Crippen molar-refractivity contribution in [3.63, 3.8) is 0 Å². The second-order valence-corrected chi connectivity index (χ2v) is 4.74. The van der Waals surface area contributed by atoms with E-state index >= 15 is 0 Å². The Kier molecular flexibility index (Phi) is 3.03. The molecule has 0 aromatic carbocycles. The van der Waals surface area contributed by atoms with E-state index in [-0.39, 0.29) is 5.25 Å². The van der Waals surface area contributed by atoms with Crippen LogP contribution in [0.4, 0.5) is 4.39 Å². The van der Waals surface area contributed by atoms with Crippen LogP contribution in [0.1, 0.15) is 24.5 Å². The van der Waals surface area contributed by atoms with Crippen LogP contribution in [-0.4, -0.2) is 21.1 Å². The van der Waals surface area contributed by atoms with Crippen molar-refractivity contribution in [2.45, 2.75) is 24.2 Å². The van der Waals surface area contributed by atoms with Gasteiger partial charge in [0.15, 0.2) is 0 Å². The number of halogens is 1. The quantitative estimate of drug-likeness (QED) is 0.817. The average molecular weight is 213 g/mol. The largest absolute Gasteiger partial charge is 0.387 e. The summed E-state index contributed by atoms with van der Waals surface area (Å²) in [4.78, 5) is 3.66. The number of hydrogen-bond acceptors (Lipinski definition) is 3. The molecule has 1 aromatic rings. The molecule has 0 aliphatic carbocycles. The predicted octanol–water partition coefficient (Wildman–Crippen LogP) is 2.15. The highest BCUT2D eigenvalue weighted by molar-refractivity contribution is 8.00. The van der Waals surface area contributed by atoms with Gasteiger partial charge in [-0.2, -0.15) is 11.8 Å². The highest BCUT2D eigenvalue weighted by Crippen LogP contribution is 2.36.